The zero-order valence-corrected chi connectivity index (χ0v) is 17.8. The molecular formula is C18H25ClN4O2S2. The second-order valence-corrected chi connectivity index (χ2v) is 9.34. The summed E-state index contributed by atoms with van der Waals surface area (Å²) in [5.74, 6) is 2.18. The third-order valence-corrected chi connectivity index (χ3v) is 7.52. The number of nitrogens with two attached hydrogens (primary N) is 1. The van der Waals surface area contributed by atoms with Gasteiger partial charge in [0.25, 0.3) is 5.56 Å². The van der Waals surface area contributed by atoms with Crippen LogP contribution in [0.25, 0.3) is 10.2 Å². The Morgan fingerprint density at radius 1 is 1.44 bits per heavy atom. The van der Waals surface area contributed by atoms with Crippen LogP contribution >= 0.6 is 35.5 Å². The van der Waals surface area contributed by atoms with Crippen LogP contribution in [0.2, 0.25) is 0 Å². The van der Waals surface area contributed by atoms with Gasteiger partial charge in [-0.3, -0.25) is 9.59 Å². The molecule has 1 saturated heterocycles. The predicted octanol–water partition coefficient (Wildman–Crippen LogP) is 2.32. The molecule has 1 aliphatic heterocycles. The number of likely N-dealkylation sites (tertiary alicyclic amines) is 1. The minimum absolute atomic E-state index is 0. The van der Waals surface area contributed by atoms with Crippen molar-refractivity contribution in [2.24, 2.45) is 11.7 Å². The van der Waals surface area contributed by atoms with Crippen molar-refractivity contribution < 1.29 is 4.79 Å². The molecule has 0 saturated carbocycles. The number of hydrogen-bond acceptors (Lipinski definition) is 6. The summed E-state index contributed by atoms with van der Waals surface area (Å²) in [5.41, 5.74) is 6.90. The summed E-state index contributed by atoms with van der Waals surface area (Å²) in [5, 5.41) is 0.783. The molecule has 2 unspecified atom stereocenters. The quantitative estimate of drug-likeness (QED) is 0.762. The molecule has 0 bridgehead atoms. The normalized spacial score (nSPS) is 21.5. The topological polar surface area (TPSA) is 92.1 Å². The Morgan fingerprint density at radius 3 is 3.00 bits per heavy atom. The van der Waals surface area contributed by atoms with Crippen molar-refractivity contribution in [1.82, 2.24) is 14.9 Å². The zero-order valence-electron chi connectivity index (χ0n) is 15.3. The van der Waals surface area contributed by atoms with Crippen LogP contribution in [0, 0.1) is 5.92 Å². The first kappa shape index (κ1) is 20.6. The number of thiophene rings is 1. The number of amides is 1. The highest BCUT2D eigenvalue weighted by atomic mass is 35.5. The molecule has 148 valence electrons. The van der Waals surface area contributed by atoms with E-state index in [2.05, 4.69) is 16.9 Å². The maximum atomic E-state index is 12.5. The Labute approximate surface area is 172 Å². The fourth-order valence-electron chi connectivity index (χ4n) is 4.09. The Balaban J connectivity index is 0.00000210. The molecule has 27 heavy (non-hydrogen) atoms. The molecule has 2 aromatic heterocycles. The van der Waals surface area contributed by atoms with Gasteiger partial charge in [-0.15, -0.1) is 35.5 Å². The van der Waals surface area contributed by atoms with Crippen molar-refractivity contribution >= 4 is 51.6 Å². The van der Waals surface area contributed by atoms with Crippen molar-refractivity contribution in [1.29, 1.82) is 0 Å². The van der Waals surface area contributed by atoms with Crippen LogP contribution in [0.5, 0.6) is 0 Å². The minimum atomic E-state index is -0.0321. The predicted molar refractivity (Wildman–Crippen MR) is 114 cm³/mol. The van der Waals surface area contributed by atoms with Crippen LogP contribution in [0.4, 0.5) is 0 Å². The fraction of sp³-hybridized carbons (Fsp3) is 0.611. The zero-order chi connectivity index (χ0) is 18.3. The average molecular weight is 429 g/mol. The van der Waals surface area contributed by atoms with Gasteiger partial charge in [-0.2, -0.15) is 0 Å². The first-order chi connectivity index (χ1) is 12.6. The second kappa shape index (κ2) is 8.51. The maximum absolute atomic E-state index is 12.5. The van der Waals surface area contributed by atoms with Crippen molar-refractivity contribution in [2.45, 2.75) is 44.4 Å². The molecule has 2 aromatic rings. The van der Waals surface area contributed by atoms with Crippen molar-refractivity contribution in [3.8, 4) is 0 Å². The number of carbonyl (C=O) groups excluding carboxylic acids is 1. The molecule has 1 amide bonds. The van der Waals surface area contributed by atoms with Gasteiger partial charge in [0.05, 0.1) is 16.9 Å². The van der Waals surface area contributed by atoms with E-state index < -0.39 is 0 Å². The molecule has 9 heteroatoms. The molecule has 0 aromatic carbocycles. The number of carbonyl (C=O) groups is 1. The van der Waals surface area contributed by atoms with Gasteiger partial charge in [-0.05, 0) is 50.6 Å². The number of H-pyrrole nitrogens is 1. The molecular weight excluding hydrogens is 404 g/mol. The van der Waals surface area contributed by atoms with E-state index in [1.54, 1.807) is 11.3 Å². The van der Waals surface area contributed by atoms with E-state index >= 15 is 0 Å². The van der Waals surface area contributed by atoms with Crippen LogP contribution in [0.1, 0.15) is 36.0 Å². The third kappa shape index (κ3) is 4.04. The van der Waals surface area contributed by atoms with Gasteiger partial charge in [0, 0.05) is 17.5 Å². The molecule has 2 aliphatic rings. The Bertz CT molecular complexity index is 897. The highest BCUT2D eigenvalue weighted by Crippen LogP contribution is 2.34. The number of halogens is 1. The summed E-state index contributed by atoms with van der Waals surface area (Å²) >= 11 is 3.16. The molecule has 2 atom stereocenters. The average Bonchev–Trinajstić information content (AvgIpc) is 3.28. The van der Waals surface area contributed by atoms with Crippen LogP contribution in [0.15, 0.2) is 4.79 Å². The van der Waals surface area contributed by atoms with Crippen molar-refractivity contribution in [3.05, 3.63) is 26.6 Å². The van der Waals surface area contributed by atoms with Crippen molar-refractivity contribution in [3.63, 3.8) is 0 Å². The van der Waals surface area contributed by atoms with Gasteiger partial charge < -0.3 is 15.6 Å². The van der Waals surface area contributed by atoms with Crippen LogP contribution in [-0.4, -0.2) is 45.7 Å². The first-order valence-corrected chi connectivity index (χ1v) is 11.1. The summed E-state index contributed by atoms with van der Waals surface area (Å²) in [6.07, 6.45) is 4.17. The number of hydrogen-bond donors (Lipinski definition) is 2. The molecule has 0 spiro atoms. The van der Waals surface area contributed by atoms with Crippen LogP contribution < -0.4 is 11.3 Å². The Kier molecular flexibility index (Phi) is 6.50. The van der Waals surface area contributed by atoms with E-state index in [-0.39, 0.29) is 29.9 Å². The lowest BCUT2D eigenvalue weighted by atomic mass is 10.1. The van der Waals surface area contributed by atoms with Gasteiger partial charge in [0.15, 0.2) is 0 Å². The molecule has 3 heterocycles. The SMILES string of the molecule is CC1CC(CN)CN1C(=O)CSCc1nc2sc3c(c2c(=O)[nH]1)CCC3.Cl. The third-order valence-electron chi connectivity index (χ3n) is 5.40. The summed E-state index contributed by atoms with van der Waals surface area (Å²) in [6, 6.07) is 0.263. The van der Waals surface area contributed by atoms with Crippen molar-refractivity contribution in [2.75, 3.05) is 18.8 Å². The number of fused-ring (bicyclic) bond motifs is 3. The van der Waals surface area contributed by atoms with Gasteiger partial charge >= 0.3 is 0 Å². The highest BCUT2D eigenvalue weighted by Gasteiger charge is 2.31. The number of nitrogens with zero attached hydrogens (tertiary/aromatic N) is 2. The molecule has 3 N–H and O–H groups in total. The Morgan fingerprint density at radius 2 is 2.26 bits per heavy atom. The molecule has 1 aliphatic carbocycles. The van der Waals surface area contributed by atoms with Gasteiger partial charge in [-0.1, -0.05) is 0 Å². The highest BCUT2D eigenvalue weighted by molar-refractivity contribution is 7.99. The van der Waals surface area contributed by atoms with Gasteiger partial charge in [-0.25, -0.2) is 4.98 Å². The van der Waals surface area contributed by atoms with E-state index in [9.17, 15) is 9.59 Å². The number of rotatable bonds is 5. The standard InChI is InChI=1S/C18H24N4O2S2.ClH/c1-10-5-11(6-19)7-22(10)15(23)9-25-8-14-20-17(24)16-12-3-2-4-13(12)26-18(16)21-14;/h10-11H,2-9,19H2,1H3,(H,20,21,24);1H. The lowest BCUT2D eigenvalue weighted by molar-refractivity contribution is -0.128. The van der Waals surface area contributed by atoms with E-state index in [1.807, 2.05) is 4.90 Å². The summed E-state index contributed by atoms with van der Waals surface area (Å²) in [7, 11) is 0. The van der Waals surface area contributed by atoms with Gasteiger partial charge in [0.2, 0.25) is 5.91 Å². The molecule has 4 rings (SSSR count). The number of nitrogens with one attached hydrogen (secondary N) is 1. The number of aryl methyl sites for hydroxylation is 2. The van der Waals surface area contributed by atoms with E-state index in [0.29, 0.717) is 29.8 Å². The van der Waals surface area contributed by atoms with E-state index in [1.165, 1.54) is 22.2 Å². The van der Waals surface area contributed by atoms with Gasteiger partial charge in [0.1, 0.15) is 10.7 Å². The molecule has 0 radical (unpaired) electrons. The smallest absolute Gasteiger partial charge is 0.259 e. The monoisotopic (exact) mass is 428 g/mol. The Hall–Kier alpha value is -1.09. The van der Waals surface area contributed by atoms with E-state index in [0.717, 1.165) is 42.4 Å². The summed E-state index contributed by atoms with van der Waals surface area (Å²) in [6.45, 7) is 3.48. The minimum Gasteiger partial charge on any atom is -0.339 e. The van der Waals surface area contributed by atoms with Crippen LogP contribution in [0.3, 0.4) is 0 Å². The maximum Gasteiger partial charge on any atom is 0.259 e. The van der Waals surface area contributed by atoms with Crippen LogP contribution in [-0.2, 0) is 23.4 Å². The summed E-state index contributed by atoms with van der Waals surface area (Å²) < 4.78 is 0. The number of thioether (sulfide) groups is 1. The lowest BCUT2D eigenvalue weighted by Crippen LogP contribution is -2.35. The first-order valence-electron chi connectivity index (χ1n) is 9.17. The summed E-state index contributed by atoms with van der Waals surface area (Å²) in [4.78, 5) is 36.6. The number of aromatic nitrogens is 2. The largest absolute Gasteiger partial charge is 0.339 e. The molecule has 6 nitrogen and oxygen atoms in total. The molecule has 1 fully saturated rings. The van der Waals surface area contributed by atoms with E-state index in [4.69, 9.17) is 5.73 Å². The second-order valence-electron chi connectivity index (χ2n) is 7.28. The lowest BCUT2D eigenvalue weighted by Gasteiger charge is -2.21. The number of aromatic amines is 1. The fourth-order valence-corrected chi connectivity index (χ4v) is 6.15.